The number of amides is 1. The molecule has 0 aromatic heterocycles. The highest BCUT2D eigenvalue weighted by atomic mass is 35.5. The molecule has 1 aliphatic rings. The van der Waals surface area contributed by atoms with E-state index in [1.807, 2.05) is 6.92 Å². The number of nitrogens with zero attached hydrogens (tertiary/aromatic N) is 1. The highest BCUT2D eigenvalue weighted by Gasteiger charge is 2.30. The molecule has 0 saturated carbocycles. The van der Waals surface area contributed by atoms with E-state index in [9.17, 15) is 9.18 Å². The van der Waals surface area contributed by atoms with Gasteiger partial charge in [0.05, 0.1) is 16.3 Å². The fourth-order valence-corrected chi connectivity index (χ4v) is 2.07. The van der Waals surface area contributed by atoms with Crippen molar-refractivity contribution in [3.05, 3.63) is 34.6 Å². The van der Waals surface area contributed by atoms with Crippen molar-refractivity contribution >= 4 is 23.2 Å². The predicted octanol–water partition coefficient (Wildman–Crippen LogP) is 2.50. The molecule has 1 aromatic carbocycles. The van der Waals surface area contributed by atoms with Crippen LogP contribution in [-0.4, -0.2) is 24.3 Å². The van der Waals surface area contributed by atoms with Crippen LogP contribution in [-0.2, 0) is 9.63 Å². The lowest BCUT2D eigenvalue weighted by atomic mass is 10.0. The van der Waals surface area contributed by atoms with Crippen molar-refractivity contribution in [3.63, 3.8) is 0 Å². The molecule has 2 rings (SSSR count). The molecule has 4 nitrogen and oxygen atoms in total. The number of nitrogens with one attached hydrogen (secondary N) is 1. The van der Waals surface area contributed by atoms with Gasteiger partial charge in [0.15, 0.2) is 0 Å². The molecular weight excluding hydrogens is 271 g/mol. The first-order valence-electron chi connectivity index (χ1n) is 6.08. The standard InChI is InChI=1S/C13H14ClFN2O2/c1-2-6-16-13(18)11-7-10(17-19-11)12-8(14)4-3-5-9(12)15/h3-5,11H,2,6-7H2,1H3,(H,16,18)/t11-/m0/s1. The van der Waals surface area contributed by atoms with Crippen LogP contribution < -0.4 is 5.32 Å². The van der Waals surface area contributed by atoms with Crippen molar-refractivity contribution in [2.24, 2.45) is 5.16 Å². The molecule has 6 heteroatoms. The number of hydrogen-bond donors (Lipinski definition) is 1. The van der Waals surface area contributed by atoms with Gasteiger partial charge in [-0.3, -0.25) is 4.79 Å². The Morgan fingerprint density at radius 2 is 2.42 bits per heavy atom. The second kappa shape index (κ2) is 6.02. The predicted molar refractivity (Wildman–Crippen MR) is 70.7 cm³/mol. The Balaban J connectivity index is 2.08. The molecule has 0 fully saturated rings. The second-order valence-corrected chi connectivity index (χ2v) is 4.63. The number of oxime groups is 1. The van der Waals surface area contributed by atoms with Crippen LogP contribution in [0, 0.1) is 5.82 Å². The lowest BCUT2D eigenvalue weighted by molar-refractivity contribution is -0.131. The van der Waals surface area contributed by atoms with Gasteiger partial charge >= 0.3 is 0 Å². The molecule has 1 N–H and O–H groups in total. The highest BCUT2D eigenvalue weighted by Crippen LogP contribution is 2.25. The van der Waals surface area contributed by atoms with Crippen molar-refractivity contribution in [2.45, 2.75) is 25.9 Å². The average molecular weight is 285 g/mol. The number of hydrogen-bond acceptors (Lipinski definition) is 3. The van der Waals surface area contributed by atoms with Crippen LogP contribution in [0.2, 0.25) is 5.02 Å². The van der Waals surface area contributed by atoms with Gasteiger partial charge in [-0.1, -0.05) is 29.7 Å². The normalized spacial score (nSPS) is 17.8. The number of benzene rings is 1. The van der Waals surface area contributed by atoms with Crippen LogP contribution in [0.1, 0.15) is 25.3 Å². The summed E-state index contributed by atoms with van der Waals surface area (Å²) >= 11 is 5.94. The zero-order valence-electron chi connectivity index (χ0n) is 10.5. The molecule has 1 atom stereocenters. The minimum Gasteiger partial charge on any atom is -0.382 e. The van der Waals surface area contributed by atoms with Crippen LogP contribution in [0.5, 0.6) is 0 Å². The summed E-state index contributed by atoms with van der Waals surface area (Å²) in [4.78, 5) is 16.8. The summed E-state index contributed by atoms with van der Waals surface area (Å²) in [5.41, 5.74) is 0.565. The molecule has 0 radical (unpaired) electrons. The van der Waals surface area contributed by atoms with Gasteiger partial charge in [0.1, 0.15) is 5.82 Å². The van der Waals surface area contributed by atoms with E-state index >= 15 is 0 Å². The van der Waals surface area contributed by atoms with Crippen LogP contribution in [0.25, 0.3) is 0 Å². The van der Waals surface area contributed by atoms with Crippen molar-refractivity contribution in [1.29, 1.82) is 0 Å². The molecule has 0 spiro atoms. The minimum atomic E-state index is -0.711. The Bertz CT molecular complexity index is 499. The highest BCUT2D eigenvalue weighted by molar-refractivity contribution is 6.34. The van der Waals surface area contributed by atoms with Gasteiger partial charge in [-0.2, -0.15) is 0 Å². The first-order chi connectivity index (χ1) is 9.13. The SMILES string of the molecule is CCCNC(=O)[C@@H]1CC(c2c(F)cccc2Cl)=NO1. The molecule has 19 heavy (non-hydrogen) atoms. The third-order valence-electron chi connectivity index (χ3n) is 2.76. The number of halogens is 2. The van der Waals surface area contributed by atoms with E-state index in [0.29, 0.717) is 12.3 Å². The van der Waals surface area contributed by atoms with Crippen LogP contribution in [0.4, 0.5) is 4.39 Å². The van der Waals surface area contributed by atoms with Crippen molar-refractivity contribution in [1.82, 2.24) is 5.32 Å². The maximum atomic E-state index is 13.7. The molecular formula is C13H14ClFN2O2. The van der Waals surface area contributed by atoms with E-state index in [-0.39, 0.29) is 22.9 Å². The maximum Gasteiger partial charge on any atom is 0.264 e. The maximum absolute atomic E-state index is 13.7. The first-order valence-corrected chi connectivity index (χ1v) is 6.46. The number of carbonyl (C=O) groups is 1. The van der Waals surface area contributed by atoms with E-state index in [2.05, 4.69) is 10.5 Å². The number of carbonyl (C=O) groups excluding carboxylic acids is 1. The van der Waals surface area contributed by atoms with E-state index in [1.165, 1.54) is 12.1 Å². The Labute approximate surface area is 115 Å². The van der Waals surface area contributed by atoms with Crippen LogP contribution >= 0.6 is 11.6 Å². The third kappa shape index (κ3) is 3.04. The van der Waals surface area contributed by atoms with Crippen LogP contribution in [0.3, 0.4) is 0 Å². The van der Waals surface area contributed by atoms with E-state index < -0.39 is 11.9 Å². The number of rotatable bonds is 4. The molecule has 102 valence electrons. The summed E-state index contributed by atoms with van der Waals surface area (Å²) in [6.07, 6.45) is 0.346. The van der Waals surface area contributed by atoms with E-state index in [4.69, 9.17) is 16.4 Å². The Morgan fingerprint density at radius 3 is 3.11 bits per heavy atom. The quantitative estimate of drug-likeness (QED) is 0.923. The fourth-order valence-electron chi connectivity index (χ4n) is 1.80. The monoisotopic (exact) mass is 284 g/mol. The molecule has 1 aromatic rings. The summed E-state index contributed by atoms with van der Waals surface area (Å²) in [6, 6.07) is 4.39. The first kappa shape index (κ1) is 13.8. The Hall–Kier alpha value is -1.62. The van der Waals surface area contributed by atoms with Gasteiger partial charge in [0.2, 0.25) is 6.10 Å². The van der Waals surface area contributed by atoms with E-state index in [1.54, 1.807) is 6.07 Å². The van der Waals surface area contributed by atoms with Crippen LogP contribution in [0.15, 0.2) is 23.4 Å². The molecule has 0 aliphatic carbocycles. The second-order valence-electron chi connectivity index (χ2n) is 4.22. The van der Waals surface area contributed by atoms with Crippen molar-refractivity contribution < 1.29 is 14.0 Å². The molecule has 1 heterocycles. The van der Waals surface area contributed by atoms with Gasteiger partial charge < -0.3 is 10.2 Å². The van der Waals surface area contributed by atoms with Gasteiger partial charge in [-0.15, -0.1) is 0 Å². The minimum absolute atomic E-state index is 0.204. The molecule has 0 saturated heterocycles. The Morgan fingerprint density at radius 1 is 1.63 bits per heavy atom. The van der Waals surface area contributed by atoms with Gasteiger partial charge in [0, 0.05) is 13.0 Å². The van der Waals surface area contributed by atoms with Crippen molar-refractivity contribution in [3.8, 4) is 0 Å². The zero-order chi connectivity index (χ0) is 13.8. The third-order valence-corrected chi connectivity index (χ3v) is 3.08. The molecule has 1 amide bonds. The average Bonchev–Trinajstić information content (AvgIpc) is 2.85. The summed E-state index contributed by atoms with van der Waals surface area (Å²) in [6.45, 7) is 2.53. The lowest BCUT2D eigenvalue weighted by Crippen LogP contribution is -2.35. The molecule has 0 unspecified atom stereocenters. The van der Waals surface area contributed by atoms with Crippen molar-refractivity contribution in [2.75, 3.05) is 6.54 Å². The summed E-state index contributed by atoms with van der Waals surface area (Å²) in [7, 11) is 0. The lowest BCUT2D eigenvalue weighted by Gasteiger charge is -2.08. The van der Waals surface area contributed by atoms with E-state index in [0.717, 1.165) is 6.42 Å². The topological polar surface area (TPSA) is 50.7 Å². The summed E-state index contributed by atoms with van der Waals surface area (Å²) in [5.74, 6) is -0.711. The fraction of sp³-hybridized carbons (Fsp3) is 0.385. The van der Waals surface area contributed by atoms with Gasteiger partial charge in [-0.05, 0) is 18.6 Å². The Kier molecular flexibility index (Phi) is 4.37. The largest absolute Gasteiger partial charge is 0.382 e. The smallest absolute Gasteiger partial charge is 0.264 e. The molecule has 0 bridgehead atoms. The molecule has 1 aliphatic heterocycles. The van der Waals surface area contributed by atoms with Gasteiger partial charge in [-0.25, -0.2) is 4.39 Å². The summed E-state index contributed by atoms with van der Waals surface area (Å²) < 4.78 is 13.7. The summed E-state index contributed by atoms with van der Waals surface area (Å²) in [5, 5.41) is 6.74. The van der Waals surface area contributed by atoms with Gasteiger partial charge in [0.25, 0.3) is 5.91 Å². The zero-order valence-corrected chi connectivity index (χ0v) is 11.2.